The van der Waals surface area contributed by atoms with Crippen molar-refractivity contribution in [2.45, 2.75) is 32.7 Å². The third kappa shape index (κ3) is 4.41. The number of rotatable bonds is 4. The van der Waals surface area contributed by atoms with Crippen LogP contribution in [-0.4, -0.2) is 45.3 Å². The summed E-state index contributed by atoms with van der Waals surface area (Å²) in [6, 6.07) is 12.4. The van der Waals surface area contributed by atoms with Gasteiger partial charge in [-0.05, 0) is 43.2 Å². The van der Waals surface area contributed by atoms with Gasteiger partial charge in [0.25, 0.3) is 5.91 Å². The van der Waals surface area contributed by atoms with Gasteiger partial charge in [0.15, 0.2) is 0 Å². The van der Waals surface area contributed by atoms with Gasteiger partial charge in [-0.15, -0.1) is 0 Å². The zero-order valence-electron chi connectivity index (χ0n) is 18.0. The molecular formula is C23H25N5O4. The van der Waals surface area contributed by atoms with Crippen molar-refractivity contribution < 1.29 is 14.4 Å². The van der Waals surface area contributed by atoms with Gasteiger partial charge in [0.2, 0.25) is 11.8 Å². The number of likely N-dealkylation sites (tertiary alicyclic amines) is 1. The molecule has 1 aliphatic rings. The van der Waals surface area contributed by atoms with E-state index in [1.165, 1.54) is 13.8 Å². The van der Waals surface area contributed by atoms with E-state index in [9.17, 15) is 19.2 Å². The van der Waals surface area contributed by atoms with Crippen molar-refractivity contribution in [2.24, 2.45) is 0 Å². The zero-order valence-corrected chi connectivity index (χ0v) is 18.0. The number of H-pyrrole nitrogens is 1. The maximum absolute atomic E-state index is 13.2. The maximum atomic E-state index is 13.2. The quantitative estimate of drug-likeness (QED) is 0.584. The molecule has 1 aliphatic heterocycles. The van der Waals surface area contributed by atoms with Crippen LogP contribution >= 0.6 is 0 Å². The number of nitrogens with zero attached hydrogens (tertiary/aromatic N) is 2. The number of aromatic amines is 1. The molecule has 0 unspecified atom stereocenters. The van der Waals surface area contributed by atoms with E-state index in [-0.39, 0.29) is 29.5 Å². The summed E-state index contributed by atoms with van der Waals surface area (Å²) in [5, 5.41) is 5.33. The van der Waals surface area contributed by atoms with Crippen molar-refractivity contribution in [1.29, 1.82) is 0 Å². The average molecular weight is 435 g/mol. The topological polar surface area (TPSA) is 116 Å². The summed E-state index contributed by atoms with van der Waals surface area (Å²) in [6.07, 6.45) is 1.30. The Morgan fingerprint density at radius 3 is 2.12 bits per heavy atom. The molecular weight excluding hydrogens is 410 g/mol. The summed E-state index contributed by atoms with van der Waals surface area (Å²) in [4.78, 5) is 53.2. The minimum atomic E-state index is -0.270. The highest BCUT2D eigenvalue weighted by molar-refractivity contribution is 6.00. The number of aromatic nitrogens is 2. The predicted molar refractivity (Wildman–Crippen MR) is 122 cm³/mol. The molecule has 3 N–H and O–H groups in total. The van der Waals surface area contributed by atoms with Gasteiger partial charge in [0.1, 0.15) is 0 Å². The molecule has 1 aromatic heterocycles. The molecule has 9 nitrogen and oxygen atoms in total. The van der Waals surface area contributed by atoms with Crippen LogP contribution in [0.3, 0.4) is 0 Å². The number of para-hydroxylation sites is 2. The molecule has 1 saturated heterocycles. The van der Waals surface area contributed by atoms with Crippen LogP contribution in [0.1, 0.15) is 43.1 Å². The molecule has 1 fully saturated rings. The number of carbonyl (C=O) groups excluding carboxylic acids is 3. The number of fused-ring (bicyclic) bond motifs is 1. The summed E-state index contributed by atoms with van der Waals surface area (Å²) in [5.74, 6) is -0.727. The van der Waals surface area contributed by atoms with Gasteiger partial charge in [-0.3, -0.25) is 19.0 Å². The predicted octanol–water partition coefficient (Wildman–Crippen LogP) is 2.72. The smallest absolute Gasteiger partial charge is 0.326 e. The number of imidazole rings is 1. The lowest BCUT2D eigenvalue weighted by Gasteiger charge is -2.32. The molecule has 0 radical (unpaired) electrons. The van der Waals surface area contributed by atoms with Gasteiger partial charge in [-0.2, -0.15) is 0 Å². The van der Waals surface area contributed by atoms with Crippen molar-refractivity contribution in [3.8, 4) is 0 Å². The van der Waals surface area contributed by atoms with E-state index in [0.717, 1.165) is 11.0 Å². The van der Waals surface area contributed by atoms with Crippen LogP contribution in [0.5, 0.6) is 0 Å². The third-order valence-corrected chi connectivity index (χ3v) is 5.56. The van der Waals surface area contributed by atoms with E-state index < -0.39 is 0 Å². The monoisotopic (exact) mass is 435 g/mol. The van der Waals surface area contributed by atoms with Crippen molar-refractivity contribution in [2.75, 3.05) is 23.7 Å². The number of piperidine rings is 1. The first-order chi connectivity index (χ1) is 15.3. The number of amides is 3. The van der Waals surface area contributed by atoms with E-state index in [2.05, 4.69) is 15.6 Å². The molecule has 4 rings (SSSR count). The van der Waals surface area contributed by atoms with Crippen LogP contribution < -0.4 is 16.3 Å². The fraction of sp³-hybridized carbons (Fsp3) is 0.304. The number of hydrogen-bond acceptors (Lipinski definition) is 4. The molecule has 2 aromatic carbocycles. The number of nitrogens with one attached hydrogen (secondary N) is 3. The summed E-state index contributed by atoms with van der Waals surface area (Å²) < 4.78 is 1.78. The van der Waals surface area contributed by atoms with E-state index in [4.69, 9.17) is 0 Å². The van der Waals surface area contributed by atoms with Gasteiger partial charge in [0.05, 0.1) is 11.0 Å². The lowest BCUT2D eigenvalue weighted by atomic mass is 10.0. The summed E-state index contributed by atoms with van der Waals surface area (Å²) >= 11 is 0. The lowest BCUT2D eigenvalue weighted by molar-refractivity contribution is -0.115. The first-order valence-electron chi connectivity index (χ1n) is 10.5. The van der Waals surface area contributed by atoms with Crippen molar-refractivity contribution in [1.82, 2.24) is 14.5 Å². The summed E-state index contributed by atoms with van der Waals surface area (Å²) in [5.41, 5.74) is 2.78. The van der Waals surface area contributed by atoms with E-state index in [1.807, 2.05) is 24.3 Å². The van der Waals surface area contributed by atoms with Crippen molar-refractivity contribution in [3.63, 3.8) is 0 Å². The molecule has 0 atom stereocenters. The first-order valence-corrected chi connectivity index (χ1v) is 10.5. The fourth-order valence-corrected chi connectivity index (χ4v) is 4.25. The Bertz CT molecular complexity index is 1220. The van der Waals surface area contributed by atoms with Crippen LogP contribution in [-0.2, 0) is 9.59 Å². The molecule has 2 heterocycles. The Hall–Kier alpha value is -3.88. The molecule has 0 saturated carbocycles. The standard InChI is InChI=1S/C23H25N5O4/c1-14(29)24-17-11-16(12-18(13-17)25-15(2)30)22(31)27-9-7-19(8-10-27)28-21-6-4-3-5-20(21)26-23(28)32/h3-6,11-13,19H,7-10H2,1-2H3,(H,24,29)(H,25,30)(H,26,32). The highest BCUT2D eigenvalue weighted by Gasteiger charge is 2.27. The molecule has 0 aliphatic carbocycles. The van der Waals surface area contributed by atoms with Crippen molar-refractivity contribution >= 4 is 40.1 Å². The Morgan fingerprint density at radius 2 is 1.53 bits per heavy atom. The van der Waals surface area contributed by atoms with E-state index >= 15 is 0 Å². The van der Waals surface area contributed by atoms with Gasteiger partial charge in [0, 0.05) is 49.9 Å². The van der Waals surface area contributed by atoms with Crippen LogP contribution in [0.2, 0.25) is 0 Å². The number of carbonyl (C=O) groups is 3. The lowest BCUT2D eigenvalue weighted by Crippen LogP contribution is -2.40. The summed E-state index contributed by atoms with van der Waals surface area (Å²) in [7, 11) is 0. The Labute approximate surface area is 184 Å². The second-order valence-corrected chi connectivity index (χ2v) is 8.00. The van der Waals surface area contributed by atoms with Gasteiger partial charge in [-0.25, -0.2) is 4.79 Å². The summed E-state index contributed by atoms with van der Waals surface area (Å²) in [6.45, 7) is 3.75. The van der Waals surface area contributed by atoms with Crippen LogP contribution in [0.4, 0.5) is 11.4 Å². The molecule has 3 amide bonds. The van der Waals surface area contributed by atoms with E-state index in [0.29, 0.717) is 42.9 Å². The van der Waals surface area contributed by atoms with Gasteiger partial charge >= 0.3 is 5.69 Å². The number of anilines is 2. The third-order valence-electron chi connectivity index (χ3n) is 5.56. The zero-order chi connectivity index (χ0) is 22.8. The highest BCUT2D eigenvalue weighted by Crippen LogP contribution is 2.27. The SMILES string of the molecule is CC(=O)Nc1cc(NC(C)=O)cc(C(=O)N2CCC(n3c(=O)[nH]c4ccccc43)CC2)c1. The van der Waals surface area contributed by atoms with E-state index in [1.54, 1.807) is 27.7 Å². The minimum absolute atomic E-state index is 0.00311. The molecule has 166 valence electrons. The number of hydrogen-bond donors (Lipinski definition) is 3. The van der Waals surface area contributed by atoms with Gasteiger partial charge in [-0.1, -0.05) is 12.1 Å². The average Bonchev–Trinajstić information content (AvgIpc) is 3.08. The Kier molecular flexibility index (Phi) is 5.81. The molecule has 0 bridgehead atoms. The molecule has 3 aromatic rings. The number of benzene rings is 2. The molecule has 0 spiro atoms. The second kappa shape index (κ2) is 8.70. The normalized spacial score (nSPS) is 14.4. The van der Waals surface area contributed by atoms with Crippen LogP contribution in [0.25, 0.3) is 11.0 Å². The highest BCUT2D eigenvalue weighted by atomic mass is 16.2. The van der Waals surface area contributed by atoms with Crippen molar-refractivity contribution in [3.05, 3.63) is 58.5 Å². The Balaban J connectivity index is 1.53. The second-order valence-electron chi connectivity index (χ2n) is 8.00. The molecule has 9 heteroatoms. The maximum Gasteiger partial charge on any atom is 0.326 e. The fourth-order valence-electron chi connectivity index (χ4n) is 4.25. The minimum Gasteiger partial charge on any atom is -0.338 e. The largest absolute Gasteiger partial charge is 0.338 e. The Morgan fingerprint density at radius 1 is 0.938 bits per heavy atom. The first kappa shape index (κ1) is 21.4. The molecule has 32 heavy (non-hydrogen) atoms. The van der Waals surface area contributed by atoms with Crippen LogP contribution in [0.15, 0.2) is 47.3 Å². The van der Waals surface area contributed by atoms with Crippen LogP contribution in [0, 0.1) is 0 Å². The van der Waals surface area contributed by atoms with Gasteiger partial charge < -0.3 is 20.5 Å².